The van der Waals surface area contributed by atoms with Crippen molar-refractivity contribution < 1.29 is 4.79 Å². The van der Waals surface area contributed by atoms with Gasteiger partial charge in [-0.25, -0.2) is 10.8 Å². The number of aromatic nitrogens is 1. The van der Waals surface area contributed by atoms with E-state index in [2.05, 4.69) is 43.1 Å². The number of rotatable bonds is 2. The lowest BCUT2D eigenvalue weighted by atomic mass is 9.90. The summed E-state index contributed by atoms with van der Waals surface area (Å²) in [4.78, 5) is 21.2. The summed E-state index contributed by atoms with van der Waals surface area (Å²) in [5, 5.41) is 0. The molecule has 1 fully saturated rings. The zero-order valence-electron chi connectivity index (χ0n) is 13.3. The molecule has 2 heterocycles. The van der Waals surface area contributed by atoms with Crippen LogP contribution in [-0.4, -0.2) is 53.9 Å². The highest BCUT2D eigenvalue weighted by molar-refractivity contribution is 5.95. The zero-order chi connectivity index (χ0) is 15.6. The molecular weight excluding hydrogens is 266 g/mol. The average molecular weight is 291 g/mol. The third-order valence-corrected chi connectivity index (χ3v) is 3.78. The van der Waals surface area contributed by atoms with Crippen LogP contribution in [0.2, 0.25) is 0 Å². The highest BCUT2D eigenvalue weighted by atomic mass is 16.2. The predicted octanol–water partition coefficient (Wildman–Crippen LogP) is 1.05. The molecule has 1 aromatic rings. The van der Waals surface area contributed by atoms with E-state index in [1.807, 2.05) is 11.0 Å². The fourth-order valence-corrected chi connectivity index (χ4v) is 2.30. The largest absolute Gasteiger partial charge is 0.336 e. The Hall–Kier alpha value is -1.66. The molecule has 1 aromatic heterocycles. The van der Waals surface area contributed by atoms with Gasteiger partial charge in [-0.3, -0.25) is 4.79 Å². The fraction of sp³-hybridized carbons (Fsp3) is 0.600. The molecule has 0 spiro atoms. The van der Waals surface area contributed by atoms with Gasteiger partial charge < -0.3 is 15.2 Å². The normalized spacial score (nSPS) is 16.9. The molecule has 0 aromatic carbocycles. The molecule has 0 aliphatic carbocycles. The second-order valence-corrected chi connectivity index (χ2v) is 6.62. The van der Waals surface area contributed by atoms with Gasteiger partial charge in [0.05, 0.1) is 0 Å². The van der Waals surface area contributed by atoms with E-state index in [9.17, 15) is 4.79 Å². The SMILES string of the molecule is CN1CCN(C(=O)c2cc(NN)nc(C(C)(C)C)c2)CC1. The number of nitrogen functional groups attached to an aromatic ring is 1. The predicted molar refractivity (Wildman–Crippen MR) is 84.1 cm³/mol. The molecular formula is C15H25N5O. The lowest BCUT2D eigenvalue weighted by Gasteiger charge is -2.32. The molecule has 3 N–H and O–H groups in total. The number of anilines is 1. The number of carbonyl (C=O) groups is 1. The van der Waals surface area contributed by atoms with Crippen LogP contribution in [-0.2, 0) is 5.41 Å². The minimum atomic E-state index is -0.135. The van der Waals surface area contributed by atoms with Crippen LogP contribution in [0.1, 0.15) is 36.8 Å². The zero-order valence-corrected chi connectivity index (χ0v) is 13.3. The molecule has 0 saturated carbocycles. The van der Waals surface area contributed by atoms with Crippen LogP contribution < -0.4 is 11.3 Å². The van der Waals surface area contributed by atoms with E-state index < -0.39 is 0 Å². The van der Waals surface area contributed by atoms with Crippen LogP contribution in [0.25, 0.3) is 0 Å². The maximum atomic E-state index is 12.7. The van der Waals surface area contributed by atoms with Crippen molar-refractivity contribution in [3.63, 3.8) is 0 Å². The quantitative estimate of drug-likeness (QED) is 0.629. The van der Waals surface area contributed by atoms with Gasteiger partial charge in [0.2, 0.25) is 0 Å². The number of nitrogens with two attached hydrogens (primary N) is 1. The molecule has 6 heteroatoms. The average Bonchev–Trinajstić information content (AvgIpc) is 2.46. The fourth-order valence-electron chi connectivity index (χ4n) is 2.30. The highest BCUT2D eigenvalue weighted by Gasteiger charge is 2.23. The van der Waals surface area contributed by atoms with Crippen molar-refractivity contribution >= 4 is 11.7 Å². The summed E-state index contributed by atoms with van der Waals surface area (Å²) in [5.74, 6) is 6.06. The van der Waals surface area contributed by atoms with E-state index in [4.69, 9.17) is 5.84 Å². The summed E-state index contributed by atoms with van der Waals surface area (Å²) in [6.07, 6.45) is 0. The van der Waals surface area contributed by atoms with Crippen LogP contribution in [0.5, 0.6) is 0 Å². The van der Waals surface area contributed by atoms with Crippen molar-refractivity contribution in [2.75, 3.05) is 38.7 Å². The first-order chi connectivity index (χ1) is 9.81. The van der Waals surface area contributed by atoms with E-state index >= 15 is 0 Å². The van der Waals surface area contributed by atoms with Crippen molar-refractivity contribution in [2.45, 2.75) is 26.2 Å². The molecule has 21 heavy (non-hydrogen) atoms. The summed E-state index contributed by atoms with van der Waals surface area (Å²) in [6.45, 7) is 9.54. The second-order valence-electron chi connectivity index (χ2n) is 6.62. The van der Waals surface area contributed by atoms with Crippen molar-refractivity contribution in [2.24, 2.45) is 5.84 Å². The Balaban J connectivity index is 2.28. The Morgan fingerprint density at radius 3 is 2.38 bits per heavy atom. The van der Waals surface area contributed by atoms with E-state index in [-0.39, 0.29) is 11.3 Å². The smallest absolute Gasteiger partial charge is 0.254 e. The molecule has 0 atom stereocenters. The number of nitrogens with one attached hydrogen (secondary N) is 1. The van der Waals surface area contributed by atoms with Crippen LogP contribution in [0.4, 0.5) is 5.82 Å². The van der Waals surface area contributed by atoms with Gasteiger partial charge in [0, 0.05) is 42.9 Å². The molecule has 1 amide bonds. The van der Waals surface area contributed by atoms with Crippen LogP contribution >= 0.6 is 0 Å². The molecule has 116 valence electrons. The molecule has 1 saturated heterocycles. The summed E-state index contributed by atoms with van der Waals surface area (Å²) < 4.78 is 0. The Labute approximate surface area is 126 Å². The van der Waals surface area contributed by atoms with E-state index in [0.717, 1.165) is 31.9 Å². The number of pyridine rings is 1. The first-order valence-electron chi connectivity index (χ1n) is 7.28. The van der Waals surface area contributed by atoms with E-state index in [1.165, 1.54) is 0 Å². The van der Waals surface area contributed by atoms with Gasteiger partial charge in [-0.2, -0.15) is 0 Å². The lowest BCUT2D eigenvalue weighted by molar-refractivity contribution is 0.0664. The molecule has 1 aliphatic rings. The number of amides is 1. The van der Waals surface area contributed by atoms with Crippen LogP contribution in [0.3, 0.4) is 0 Å². The molecule has 0 radical (unpaired) electrons. The Bertz CT molecular complexity index is 515. The summed E-state index contributed by atoms with van der Waals surface area (Å²) in [7, 11) is 2.07. The molecule has 2 rings (SSSR count). The van der Waals surface area contributed by atoms with Crippen molar-refractivity contribution in [3.05, 3.63) is 23.4 Å². The summed E-state index contributed by atoms with van der Waals surface area (Å²) in [6, 6.07) is 3.59. The Morgan fingerprint density at radius 1 is 1.24 bits per heavy atom. The molecule has 0 bridgehead atoms. The van der Waals surface area contributed by atoms with Gasteiger partial charge in [-0.15, -0.1) is 0 Å². The van der Waals surface area contributed by atoms with Crippen LogP contribution in [0, 0.1) is 0 Å². The maximum Gasteiger partial charge on any atom is 0.254 e. The van der Waals surface area contributed by atoms with Gasteiger partial charge >= 0.3 is 0 Å². The van der Waals surface area contributed by atoms with Crippen molar-refractivity contribution in [3.8, 4) is 0 Å². The summed E-state index contributed by atoms with van der Waals surface area (Å²) in [5.41, 5.74) is 3.92. The molecule has 0 unspecified atom stereocenters. The first-order valence-corrected chi connectivity index (χ1v) is 7.28. The van der Waals surface area contributed by atoms with Crippen molar-refractivity contribution in [1.29, 1.82) is 0 Å². The number of likely N-dealkylation sites (N-methyl/N-ethyl adjacent to an activating group) is 1. The third kappa shape index (κ3) is 3.71. The Morgan fingerprint density at radius 2 is 1.86 bits per heavy atom. The maximum absolute atomic E-state index is 12.7. The molecule has 1 aliphatic heterocycles. The van der Waals surface area contributed by atoms with Gasteiger partial charge in [-0.1, -0.05) is 20.8 Å². The number of piperazine rings is 1. The van der Waals surface area contributed by atoms with E-state index in [0.29, 0.717) is 11.4 Å². The first kappa shape index (κ1) is 15.7. The van der Waals surface area contributed by atoms with Gasteiger partial charge in [0.1, 0.15) is 5.82 Å². The monoisotopic (exact) mass is 291 g/mol. The number of hydrogen-bond acceptors (Lipinski definition) is 5. The third-order valence-electron chi connectivity index (χ3n) is 3.78. The van der Waals surface area contributed by atoms with E-state index in [1.54, 1.807) is 6.07 Å². The topological polar surface area (TPSA) is 74.5 Å². The number of hydrogen-bond donors (Lipinski definition) is 2. The van der Waals surface area contributed by atoms with Crippen molar-refractivity contribution in [1.82, 2.24) is 14.8 Å². The van der Waals surface area contributed by atoms with Gasteiger partial charge in [0.15, 0.2) is 0 Å². The minimum Gasteiger partial charge on any atom is -0.336 e. The van der Waals surface area contributed by atoms with Gasteiger partial charge in [-0.05, 0) is 19.2 Å². The number of carbonyl (C=O) groups excluding carboxylic acids is 1. The second kappa shape index (κ2) is 5.99. The molecule has 6 nitrogen and oxygen atoms in total. The van der Waals surface area contributed by atoms with Gasteiger partial charge in [0.25, 0.3) is 5.91 Å². The number of hydrazine groups is 1. The minimum absolute atomic E-state index is 0.0486. The van der Waals surface area contributed by atoms with Crippen LogP contribution in [0.15, 0.2) is 12.1 Å². The highest BCUT2D eigenvalue weighted by Crippen LogP contribution is 2.24. The number of nitrogens with zero attached hydrogens (tertiary/aromatic N) is 3. The summed E-state index contributed by atoms with van der Waals surface area (Å²) >= 11 is 0. The standard InChI is InChI=1S/C15H25N5O/c1-15(2,3)12-9-11(10-13(17-12)18-16)14(21)20-7-5-19(4)6-8-20/h9-10H,5-8,16H2,1-4H3,(H,17,18). The lowest BCUT2D eigenvalue weighted by Crippen LogP contribution is -2.47. The Kier molecular flexibility index (Phi) is 4.49.